The number of thiol groups is 1. The number of alkyl halides is 3. The predicted molar refractivity (Wildman–Crippen MR) is 62.8 cm³/mol. The molecule has 0 spiro atoms. The molecular weight excluding hydrogens is 269 g/mol. The zero-order valence-electron chi connectivity index (χ0n) is 9.48. The molecule has 102 valence electrons. The number of halogens is 3. The van der Waals surface area contributed by atoms with Gasteiger partial charge >= 0.3 is 6.18 Å². The lowest BCUT2D eigenvalue weighted by Crippen LogP contribution is -2.21. The summed E-state index contributed by atoms with van der Waals surface area (Å²) in [5.41, 5.74) is -1.03. The Hall–Kier alpha value is -0.920. The first-order valence-electron chi connectivity index (χ1n) is 5.03. The Labute approximate surface area is 108 Å². The van der Waals surface area contributed by atoms with Gasteiger partial charge in [0.25, 0.3) is 0 Å². The summed E-state index contributed by atoms with van der Waals surface area (Å²) in [6, 6.07) is 2.71. The Morgan fingerprint density at radius 2 is 1.94 bits per heavy atom. The molecule has 0 aromatic heterocycles. The Balaban J connectivity index is 3.22. The minimum absolute atomic E-state index is 0.0799. The number of methoxy groups -OCH3 is 1. The van der Waals surface area contributed by atoms with E-state index in [1.54, 1.807) is 0 Å². The first kappa shape index (κ1) is 15.1. The second-order valence-corrected chi connectivity index (χ2v) is 4.01. The zero-order chi connectivity index (χ0) is 13.9. The van der Waals surface area contributed by atoms with E-state index < -0.39 is 23.9 Å². The van der Waals surface area contributed by atoms with Gasteiger partial charge in [0.2, 0.25) is 0 Å². The van der Waals surface area contributed by atoms with E-state index in [9.17, 15) is 23.4 Å². The van der Waals surface area contributed by atoms with Crippen LogP contribution in [0, 0.1) is 0 Å². The quantitative estimate of drug-likeness (QED) is 0.741. The summed E-state index contributed by atoms with van der Waals surface area (Å²) in [7, 11) is 1.27. The van der Waals surface area contributed by atoms with Crippen LogP contribution in [-0.4, -0.2) is 29.2 Å². The van der Waals surface area contributed by atoms with Crippen LogP contribution in [0.15, 0.2) is 18.2 Å². The number of aliphatic hydroxyl groups excluding tert-OH is 2. The summed E-state index contributed by atoms with van der Waals surface area (Å²) in [4.78, 5) is 0. The van der Waals surface area contributed by atoms with Gasteiger partial charge in [-0.2, -0.15) is 25.8 Å². The Morgan fingerprint density at radius 3 is 2.39 bits per heavy atom. The molecule has 0 aliphatic rings. The third-order valence-electron chi connectivity index (χ3n) is 2.43. The number of hydrogen-bond donors (Lipinski definition) is 3. The Bertz CT molecular complexity index is 409. The molecule has 0 saturated heterocycles. The van der Waals surface area contributed by atoms with E-state index in [1.165, 1.54) is 7.11 Å². The summed E-state index contributed by atoms with van der Waals surface area (Å²) in [6.07, 6.45) is -7.28. The van der Waals surface area contributed by atoms with Gasteiger partial charge < -0.3 is 14.9 Å². The van der Waals surface area contributed by atoms with E-state index in [-0.39, 0.29) is 17.1 Å². The first-order chi connectivity index (χ1) is 8.31. The van der Waals surface area contributed by atoms with Gasteiger partial charge in [-0.05, 0) is 18.2 Å². The van der Waals surface area contributed by atoms with Crippen LogP contribution in [0.2, 0.25) is 0 Å². The van der Waals surface area contributed by atoms with Crippen molar-refractivity contribution < 1.29 is 28.1 Å². The maximum Gasteiger partial charge on any atom is 0.416 e. The average molecular weight is 282 g/mol. The normalized spacial score (nSPS) is 15.3. The predicted octanol–water partition coefficient (Wildman–Crippen LogP) is 2.04. The molecule has 3 nitrogen and oxygen atoms in total. The van der Waals surface area contributed by atoms with E-state index in [0.717, 1.165) is 18.2 Å². The van der Waals surface area contributed by atoms with E-state index >= 15 is 0 Å². The Kier molecular flexibility index (Phi) is 4.89. The maximum absolute atomic E-state index is 12.5. The minimum atomic E-state index is -4.52. The van der Waals surface area contributed by atoms with Crippen LogP contribution in [0.1, 0.15) is 17.2 Å². The van der Waals surface area contributed by atoms with E-state index in [4.69, 9.17) is 4.74 Å². The molecule has 0 saturated carbocycles. The molecular formula is C11H13F3O3S. The first-order valence-corrected chi connectivity index (χ1v) is 5.66. The van der Waals surface area contributed by atoms with Gasteiger partial charge in [0.15, 0.2) is 0 Å². The highest BCUT2D eigenvalue weighted by Crippen LogP contribution is 2.35. The van der Waals surface area contributed by atoms with Crippen LogP contribution in [0.25, 0.3) is 0 Å². The smallest absolute Gasteiger partial charge is 0.416 e. The number of benzene rings is 1. The fraction of sp³-hybridized carbons (Fsp3) is 0.455. The molecule has 0 radical (unpaired) electrons. The second-order valence-electron chi connectivity index (χ2n) is 3.65. The lowest BCUT2D eigenvalue weighted by atomic mass is 10.0. The van der Waals surface area contributed by atoms with Crippen molar-refractivity contribution in [2.75, 3.05) is 12.9 Å². The molecule has 2 N–H and O–H groups in total. The van der Waals surface area contributed by atoms with Gasteiger partial charge in [-0.25, -0.2) is 0 Å². The SMILES string of the molecule is COc1ccc(C(F)(F)F)cc1C(O)C(O)CS. The van der Waals surface area contributed by atoms with Crippen molar-refractivity contribution in [2.45, 2.75) is 18.4 Å². The highest BCUT2D eigenvalue weighted by atomic mass is 32.1. The fourth-order valence-corrected chi connectivity index (χ4v) is 1.65. The van der Waals surface area contributed by atoms with Crippen molar-refractivity contribution in [1.29, 1.82) is 0 Å². The van der Waals surface area contributed by atoms with E-state index in [2.05, 4.69) is 12.6 Å². The lowest BCUT2D eigenvalue weighted by Gasteiger charge is -2.20. The highest BCUT2D eigenvalue weighted by Gasteiger charge is 2.32. The molecule has 0 amide bonds. The molecule has 2 atom stereocenters. The van der Waals surface area contributed by atoms with Crippen molar-refractivity contribution in [2.24, 2.45) is 0 Å². The fourth-order valence-electron chi connectivity index (χ4n) is 1.45. The monoisotopic (exact) mass is 282 g/mol. The van der Waals surface area contributed by atoms with Gasteiger partial charge in [-0.15, -0.1) is 0 Å². The molecule has 18 heavy (non-hydrogen) atoms. The lowest BCUT2D eigenvalue weighted by molar-refractivity contribution is -0.137. The Morgan fingerprint density at radius 1 is 1.33 bits per heavy atom. The third kappa shape index (κ3) is 3.30. The molecule has 2 unspecified atom stereocenters. The van der Waals surface area contributed by atoms with Gasteiger partial charge in [-0.3, -0.25) is 0 Å². The molecule has 1 aromatic carbocycles. The van der Waals surface area contributed by atoms with Crippen molar-refractivity contribution in [1.82, 2.24) is 0 Å². The van der Waals surface area contributed by atoms with E-state index in [1.807, 2.05) is 0 Å². The van der Waals surface area contributed by atoms with Gasteiger partial charge in [0, 0.05) is 11.3 Å². The summed E-state index contributed by atoms with van der Waals surface area (Å²) in [5, 5.41) is 19.2. The van der Waals surface area contributed by atoms with Crippen LogP contribution >= 0.6 is 12.6 Å². The van der Waals surface area contributed by atoms with Crippen LogP contribution in [0.3, 0.4) is 0 Å². The van der Waals surface area contributed by atoms with Gasteiger partial charge in [0.1, 0.15) is 11.9 Å². The van der Waals surface area contributed by atoms with Gasteiger partial charge in [-0.1, -0.05) is 0 Å². The largest absolute Gasteiger partial charge is 0.496 e. The second kappa shape index (κ2) is 5.81. The molecule has 0 heterocycles. The third-order valence-corrected chi connectivity index (χ3v) is 2.80. The van der Waals surface area contributed by atoms with Crippen LogP contribution < -0.4 is 4.74 Å². The highest BCUT2D eigenvalue weighted by molar-refractivity contribution is 7.80. The molecule has 1 rings (SSSR count). The summed E-state index contributed by atoms with van der Waals surface area (Å²) < 4.78 is 42.5. The van der Waals surface area contributed by atoms with Crippen molar-refractivity contribution in [3.8, 4) is 5.75 Å². The number of rotatable bonds is 4. The molecule has 0 bridgehead atoms. The summed E-state index contributed by atoms with van der Waals surface area (Å²) in [5.74, 6) is -0.00283. The topological polar surface area (TPSA) is 49.7 Å². The van der Waals surface area contributed by atoms with Gasteiger partial charge in [0.05, 0.1) is 18.8 Å². The van der Waals surface area contributed by atoms with Crippen LogP contribution in [0.4, 0.5) is 13.2 Å². The molecule has 1 aromatic rings. The standard InChI is InChI=1S/C11H13F3O3S/c1-17-9-3-2-6(11(12,13)14)4-7(9)10(16)8(15)5-18/h2-4,8,10,15-16,18H,5H2,1H3. The average Bonchev–Trinajstić information content (AvgIpc) is 2.35. The van der Waals surface area contributed by atoms with Crippen LogP contribution in [-0.2, 0) is 6.18 Å². The van der Waals surface area contributed by atoms with E-state index in [0.29, 0.717) is 0 Å². The molecule has 0 fully saturated rings. The number of ether oxygens (including phenoxy) is 1. The number of aliphatic hydroxyl groups is 2. The maximum atomic E-state index is 12.5. The van der Waals surface area contributed by atoms with Crippen LogP contribution in [0.5, 0.6) is 5.75 Å². The summed E-state index contributed by atoms with van der Waals surface area (Å²) in [6.45, 7) is 0. The molecule has 0 aliphatic carbocycles. The molecule has 0 aliphatic heterocycles. The van der Waals surface area contributed by atoms with Crippen molar-refractivity contribution >= 4 is 12.6 Å². The van der Waals surface area contributed by atoms with Crippen molar-refractivity contribution in [3.63, 3.8) is 0 Å². The zero-order valence-corrected chi connectivity index (χ0v) is 10.4. The van der Waals surface area contributed by atoms with Crippen molar-refractivity contribution in [3.05, 3.63) is 29.3 Å². The summed E-state index contributed by atoms with van der Waals surface area (Å²) >= 11 is 3.78. The molecule has 7 heteroatoms. The minimum Gasteiger partial charge on any atom is -0.496 e. The number of hydrogen-bond acceptors (Lipinski definition) is 4.